The molecular formula is C24H15Br. The molecule has 0 unspecified atom stereocenters. The van der Waals surface area contributed by atoms with Crippen LogP contribution in [0, 0.1) is 0 Å². The SMILES string of the molecule is [2H]c1c([2H])c([2H])c2c(-c3c4ccccc4c(Br)c4ccccc34)c([2H])c([2H])c([2H])c2c1[2H]. The third-order valence-corrected chi connectivity index (χ3v) is 5.28. The Balaban J connectivity index is 2.17. The van der Waals surface area contributed by atoms with Crippen molar-refractivity contribution in [1.29, 1.82) is 0 Å². The van der Waals surface area contributed by atoms with Gasteiger partial charge in [-0.1, -0.05) is 90.8 Å². The minimum Gasteiger partial charge on any atom is -0.0616 e. The van der Waals surface area contributed by atoms with Crippen LogP contribution in [-0.4, -0.2) is 0 Å². The van der Waals surface area contributed by atoms with E-state index in [0.717, 1.165) is 26.0 Å². The van der Waals surface area contributed by atoms with Crippen LogP contribution in [0.1, 0.15) is 9.60 Å². The molecule has 118 valence electrons. The minimum atomic E-state index is -0.454. The maximum atomic E-state index is 8.78. The van der Waals surface area contributed by atoms with Crippen LogP contribution in [0.4, 0.5) is 0 Å². The topological polar surface area (TPSA) is 0 Å². The molecule has 0 atom stereocenters. The van der Waals surface area contributed by atoms with Crippen LogP contribution in [0.15, 0.2) is 95.3 Å². The van der Waals surface area contributed by atoms with Crippen LogP contribution in [0.3, 0.4) is 0 Å². The molecule has 0 aliphatic carbocycles. The van der Waals surface area contributed by atoms with Crippen molar-refractivity contribution in [3.8, 4) is 11.1 Å². The van der Waals surface area contributed by atoms with Crippen molar-refractivity contribution in [2.45, 2.75) is 0 Å². The monoisotopic (exact) mass is 389 g/mol. The van der Waals surface area contributed by atoms with Crippen LogP contribution in [-0.2, 0) is 0 Å². The van der Waals surface area contributed by atoms with Gasteiger partial charge in [0.15, 0.2) is 0 Å². The highest BCUT2D eigenvalue weighted by Crippen LogP contribution is 2.43. The Hall–Kier alpha value is -2.64. The molecule has 5 aromatic rings. The Kier molecular flexibility index (Phi) is 2.10. The van der Waals surface area contributed by atoms with Crippen LogP contribution in [0.5, 0.6) is 0 Å². The fraction of sp³-hybridized carbons (Fsp3) is 0. The molecule has 0 aliphatic rings. The first kappa shape index (κ1) is 9.17. The highest BCUT2D eigenvalue weighted by atomic mass is 79.9. The second-order valence-electron chi connectivity index (χ2n) is 5.78. The maximum absolute atomic E-state index is 8.78. The minimum absolute atomic E-state index is 0.0388. The smallest absolute Gasteiger partial charge is 0.0616 e. The largest absolute Gasteiger partial charge is 0.0629 e. The highest BCUT2D eigenvalue weighted by Gasteiger charge is 2.14. The van der Waals surface area contributed by atoms with Crippen LogP contribution in [0.25, 0.3) is 43.4 Å². The predicted octanol–water partition coefficient (Wildman–Crippen LogP) is 7.58. The van der Waals surface area contributed by atoms with Gasteiger partial charge in [-0.15, -0.1) is 0 Å². The fourth-order valence-electron chi connectivity index (χ4n) is 3.34. The first-order valence-corrected chi connectivity index (χ1v) is 8.64. The van der Waals surface area contributed by atoms with Crippen molar-refractivity contribution in [3.05, 3.63) is 95.3 Å². The molecule has 0 fully saturated rings. The molecule has 25 heavy (non-hydrogen) atoms. The van der Waals surface area contributed by atoms with Crippen LogP contribution < -0.4 is 0 Å². The Morgan fingerprint density at radius 3 is 1.84 bits per heavy atom. The molecule has 0 N–H and O–H groups in total. The molecule has 1 heteroatoms. The lowest BCUT2D eigenvalue weighted by Gasteiger charge is -2.16. The summed E-state index contributed by atoms with van der Waals surface area (Å²) in [5.41, 5.74) is 0.862. The van der Waals surface area contributed by atoms with Gasteiger partial charge < -0.3 is 0 Å². The number of hydrogen-bond donors (Lipinski definition) is 0. The van der Waals surface area contributed by atoms with E-state index in [9.17, 15) is 0 Å². The molecule has 0 amide bonds. The van der Waals surface area contributed by atoms with Gasteiger partial charge in [0.25, 0.3) is 0 Å². The second kappa shape index (κ2) is 5.72. The van der Waals surface area contributed by atoms with Gasteiger partial charge in [-0.3, -0.25) is 0 Å². The summed E-state index contributed by atoms with van der Waals surface area (Å²) < 4.78 is 59.8. The molecule has 0 nitrogen and oxygen atoms in total. The number of rotatable bonds is 1. The molecule has 0 aliphatic heterocycles. The average molecular weight is 390 g/mol. The summed E-state index contributed by atoms with van der Waals surface area (Å²) in [5, 5.41) is 3.41. The Morgan fingerprint density at radius 2 is 1.16 bits per heavy atom. The summed E-state index contributed by atoms with van der Waals surface area (Å²) in [6.45, 7) is 0. The summed E-state index contributed by atoms with van der Waals surface area (Å²) in [6.07, 6.45) is 0. The summed E-state index contributed by atoms with van der Waals surface area (Å²) in [6, 6.07) is 12.7. The molecule has 0 aromatic heterocycles. The van der Waals surface area contributed by atoms with Crippen molar-refractivity contribution < 1.29 is 9.60 Å². The van der Waals surface area contributed by atoms with Crippen molar-refractivity contribution in [2.24, 2.45) is 0 Å². The Bertz CT molecular complexity index is 1540. The van der Waals surface area contributed by atoms with E-state index in [1.165, 1.54) is 0 Å². The number of hydrogen-bond acceptors (Lipinski definition) is 0. The van der Waals surface area contributed by atoms with Crippen LogP contribution >= 0.6 is 15.9 Å². The first-order valence-electron chi connectivity index (χ1n) is 11.3. The maximum Gasteiger partial charge on any atom is 0.0629 e. The zero-order chi connectivity index (χ0) is 22.9. The number of halogens is 1. The van der Waals surface area contributed by atoms with E-state index >= 15 is 0 Å². The summed E-state index contributed by atoms with van der Waals surface area (Å²) in [4.78, 5) is 0. The van der Waals surface area contributed by atoms with Gasteiger partial charge in [0.1, 0.15) is 0 Å². The van der Waals surface area contributed by atoms with Gasteiger partial charge in [-0.2, -0.15) is 0 Å². The summed E-state index contributed by atoms with van der Waals surface area (Å²) >= 11 is 3.69. The lowest BCUT2D eigenvalue weighted by molar-refractivity contribution is 1.69. The van der Waals surface area contributed by atoms with E-state index in [0.29, 0.717) is 5.56 Å². The zero-order valence-corrected chi connectivity index (χ0v) is 14.6. The summed E-state index contributed by atoms with van der Waals surface area (Å²) in [5.74, 6) is 0. The van der Waals surface area contributed by atoms with E-state index in [2.05, 4.69) is 15.9 Å². The third kappa shape index (κ3) is 2.20. The van der Waals surface area contributed by atoms with Crippen molar-refractivity contribution >= 4 is 48.2 Å². The number of fused-ring (bicyclic) bond motifs is 3. The van der Waals surface area contributed by atoms with Gasteiger partial charge in [0.2, 0.25) is 0 Å². The molecule has 0 saturated carbocycles. The lowest BCUT2D eigenvalue weighted by Crippen LogP contribution is -1.88. The van der Waals surface area contributed by atoms with Gasteiger partial charge in [0, 0.05) is 4.47 Å². The van der Waals surface area contributed by atoms with E-state index < -0.39 is 12.1 Å². The number of benzene rings is 5. The fourth-order valence-corrected chi connectivity index (χ4v) is 4.04. The first-order chi connectivity index (χ1) is 15.3. The van der Waals surface area contributed by atoms with Crippen LogP contribution in [0.2, 0.25) is 0 Å². The molecular weight excluding hydrogens is 368 g/mol. The third-order valence-electron chi connectivity index (χ3n) is 4.43. The summed E-state index contributed by atoms with van der Waals surface area (Å²) in [7, 11) is 0. The van der Waals surface area contributed by atoms with E-state index in [-0.39, 0.29) is 46.5 Å². The van der Waals surface area contributed by atoms with Gasteiger partial charge >= 0.3 is 0 Å². The molecule has 0 heterocycles. The van der Waals surface area contributed by atoms with Gasteiger partial charge in [-0.25, -0.2) is 0 Å². The van der Waals surface area contributed by atoms with Crippen molar-refractivity contribution in [2.75, 3.05) is 0 Å². The molecule has 5 rings (SSSR count). The molecule has 0 spiro atoms. The zero-order valence-electron chi connectivity index (χ0n) is 20.0. The predicted molar refractivity (Wildman–Crippen MR) is 112 cm³/mol. The lowest BCUT2D eigenvalue weighted by atomic mass is 9.89. The second-order valence-corrected chi connectivity index (χ2v) is 6.57. The Labute approximate surface area is 164 Å². The van der Waals surface area contributed by atoms with Crippen molar-refractivity contribution in [1.82, 2.24) is 0 Å². The van der Waals surface area contributed by atoms with Crippen molar-refractivity contribution in [3.63, 3.8) is 0 Å². The standard InChI is InChI=1S/C24H15Br/c25-24-21-13-5-3-11-19(21)23(20-12-4-6-14-22(20)24)18-15-7-9-16-8-1-2-10-17(16)18/h1-15H/i1D,2D,7D,8D,9D,10D,15D. The molecule has 0 radical (unpaired) electrons. The quantitative estimate of drug-likeness (QED) is 0.259. The highest BCUT2D eigenvalue weighted by molar-refractivity contribution is 9.10. The van der Waals surface area contributed by atoms with Gasteiger partial charge in [-0.05, 0) is 59.4 Å². The molecule has 0 saturated heterocycles. The van der Waals surface area contributed by atoms with E-state index in [1.807, 2.05) is 48.5 Å². The normalized spacial score (nSPS) is 15.3. The van der Waals surface area contributed by atoms with E-state index in [4.69, 9.17) is 9.60 Å². The molecule has 0 bridgehead atoms. The van der Waals surface area contributed by atoms with E-state index in [1.54, 1.807) is 0 Å². The molecule has 5 aromatic carbocycles. The average Bonchev–Trinajstić information content (AvgIpc) is 2.81. The Morgan fingerprint density at radius 1 is 0.600 bits per heavy atom. The van der Waals surface area contributed by atoms with Gasteiger partial charge in [0.05, 0.1) is 9.60 Å².